The van der Waals surface area contributed by atoms with Crippen LogP contribution in [0.25, 0.3) is 0 Å². The number of halogens is 2. The van der Waals surface area contributed by atoms with E-state index in [9.17, 15) is 28.3 Å². The van der Waals surface area contributed by atoms with Crippen LogP contribution in [0.4, 0.5) is 19.3 Å². The highest BCUT2D eigenvalue weighted by Gasteiger charge is 2.27. The van der Waals surface area contributed by atoms with Gasteiger partial charge >= 0.3 is 12.0 Å². The van der Waals surface area contributed by atoms with Crippen molar-refractivity contribution in [3.8, 4) is 5.75 Å². The summed E-state index contributed by atoms with van der Waals surface area (Å²) in [5.74, 6) is -5.00. The van der Waals surface area contributed by atoms with E-state index in [-0.39, 0.29) is 18.3 Å². The number of nitrogens with zero attached hydrogens (tertiary/aromatic N) is 2. The van der Waals surface area contributed by atoms with Crippen molar-refractivity contribution in [3.05, 3.63) is 35.7 Å². The normalized spacial score (nSPS) is 22.3. The summed E-state index contributed by atoms with van der Waals surface area (Å²) in [7, 11) is 0. The zero-order valence-electron chi connectivity index (χ0n) is 17.0. The third kappa shape index (κ3) is 5.78. The molecule has 0 saturated carbocycles. The van der Waals surface area contributed by atoms with Crippen molar-refractivity contribution < 1.29 is 38.1 Å². The van der Waals surface area contributed by atoms with Gasteiger partial charge in [-0.3, -0.25) is 14.9 Å². The first-order valence-corrected chi connectivity index (χ1v) is 9.79. The Morgan fingerprint density at radius 2 is 2.00 bits per heavy atom. The fourth-order valence-electron chi connectivity index (χ4n) is 3.16. The second-order valence-electron chi connectivity index (χ2n) is 7.47. The molecule has 10 nitrogen and oxygen atoms in total. The minimum atomic E-state index is -1.41. The monoisotopic (exact) mass is 452 g/mol. The number of ether oxygens (including phenoxy) is 1. The molecule has 2 aliphatic heterocycles. The standard InChI is InChI=1S/C20H22F2N4O6/c1-10-8-23-17(25-20(31)26-3-2-11(27)9-26)6-15(10)32-16-5-12(21)14(4-13(16)22)24-18(28)7-19(29)30/h4-6,8,10-11,15,27H,2-3,7,9H2,1H3,(H,24,28)(H,25,31)(H,29,30)/t10?,11-,15?/m0/s1. The Morgan fingerprint density at radius 1 is 1.25 bits per heavy atom. The molecule has 2 heterocycles. The molecule has 1 fully saturated rings. The maximum atomic E-state index is 14.5. The third-order valence-corrected chi connectivity index (χ3v) is 4.85. The summed E-state index contributed by atoms with van der Waals surface area (Å²) >= 11 is 0. The van der Waals surface area contributed by atoms with Gasteiger partial charge in [0.05, 0.1) is 11.8 Å². The van der Waals surface area contributed by atoms with Crippen molar-refractivity contribution in [2.75, 3.05) is 18.4 Å². The number of carbonyl (C=O) groups excluding carboxylic acids is 2. The molecule has 12 heteroatoms. The van der Waals surface area contributed by atoms with Crippen LogP contribution in [0.2, 0.25) is 0 Å². The molecule has 2 unspecified atom stereocenters. The van der Waals surface area contributed by atoms with Crippen LogP contribution in [-0.4, -0.2) is 64.5 Å². The van der Waals surface area contributed by atoms with Gasteiger partial charge < -0.3 is 25.2 Å². The molecule has 1 saturated heterocycles. The van der Waals surface area contributed by atoms with Crippen LogP contribution in [0, 0.1) is 17.6 Å². The summed E-state index contributed by atoms with van der Waals surface area (Å²) in [6.07, 6.45) is 1.18. The molecule has 1 aromatic rings. The zero-order valence-corrected chi connectivity index (χ0v) is 17.0. The molecule has 3 amide bonds. The van der Waals surface area contributed by atoms with Gasteiger partial charge in [0, 0.05) is 37.4 Å². The van der Waals surface area contributed by atoms with Gasteiger partial charge in [-0.05, 0) is 12.5 Å². The summed E-state index contributed by atoms with van der Waals surface area (Å²) < 4.78 is 34.3. The number of hydrogen-bond acceptors (Lipinski definition) is 6. The molecule has 0 aromatic heterocycles. The molecule has 172 valence electrons. The van der Waals surface area contributed by atoms with Crippen molar-refractivity contribution in [3.63, 3.8) is 0 Å². The van der Waals surface area contributed by atoms with Gasteiger partial charge in [-0.1, -0.05) is 6.92 Å². The van der Waals surface area contributed by atoms with E-state index in [1.807, 2.05) is 5.32 Å². The second kappa shape index (κ2) is 9.73. The number of nitrogens with one attached hydrogen (secondary N) is 2. The molecule has 0 spiro atoms. The van der Waals surface area contributed by atoms with Crippen LogP contribution in [0.3, 0.4) is 0 Å². The molecule has 1 aromatic carbocycles. The predicted molar refractivity (Wildman–Crippen MR) is 108 cm³/mol. The number of rotatable bonds is 6. The Balaban J connectivity index is 1.69. The number of likely N-dealkylation sites (tertiary alicyclic amines) is 1. The summed E-state index contributed by atoms with van der Waals surface area (Å²) in [5.41, 5.74) is -0.518. The number of aliphatic hydroxyl groups excluding tert-OH is 1. The highest BCUT2D eigenvalue weighted by atomic mass is 19.1. The largest absolute Gasteiger partial charge is 0.482 e. The Labute approximate surface area is 181 Å². The first-order chi connectivity index (χ1) is 15.1. The fraction of sp³-hybridized carbons (Fsp3) is 0.400. The Hall–Kier alpha value is -3.54. The van der Waals surface area contributed by atoms with Gasteiger partial charge in [0.2, 0.25) is 5.91 Å². The number of β-amino-alcohol motifs (C(OH)–C–C–N with tert-alkyl or cyclic N) is 1. The second-order valence-corrected chi connectivity index (χ2v) is 7.47. The molecule has 3 rings (SSSR count). The number of urea groups is 1. The quantitative estimate of drug-likeness (QED) is 0.482. The molecule has 2 aliphatic rings. The Bertz CT molecular complexity index is 983. The van der Waals surface area contributed by atoms with E-state index in [0.29, 0.717) is 19.0 Å². The minimum absolute atomic E-state index is 0.165. The number of hydrogen-bond donors (Lipinski definition) is 4. The molecular weight excluding hydrogens is 430 g/mol. The number of carboxylic acid groups (broad SMARTS) is 1. The first kappa shape index (κ1) is 23.1. The lowest BCUT2D eigenvalue weighted by Gasteiger charge is -2.25. The van der Waals surface area contributed by atoms with Crippen LogP contribution in [0.5, 0.6) is 5.75 Å². The average Bonchev–Trinajstić information content (AvgIpc) is 3.14. The van der Waals surface area contributed by atoms with Crippen molar-refractivity contribution in [1.82, 2.24) is 10.2 Å². The zero-order chi connectivity index (χ0) is 23.4. The molecule has 0 aliphatic carbocycles. The predicted octanol–water partition coefficient (Wildman–Crippen LogP) is 1.46. The van der Waals surface area contributed by atoms with Crippen molar-refractivity contribution in [1.29, 1.82) is 0 Å². The maximum absolute atomic E-state index is 14.5. The number of aliphatic imine (C=N–C) groups is 1. The molecule has 0 radical (unpaired) electrons. The smallest absolute Gasteiger partial charge is 0.323 e. The van der Waals surface area contributed by atoms with E-state index < -0.39 is 59.6 Å². The highest BCUT2D eigenvalue weighted by molar-refractivity contribution is 6.01. The number of aliphatic carboxylic acids is 1. The van der Waals surface area contributed by atoms with Crippen LogP contribution >= 0.6 is 0 Å². The molecule has 4 N–H and O–H groups in total. The van der Waals surface area contributed by atoms with Crippen molar-refractivity contribution in [2.45, 2.75) is 32.0 Å². The van der Waals surface area contributed by atoms with Crippen LogP contribution in [0.15, 0.2) is 29.0 Å². The summed E-state index contributed by atoms with van der Waals surface area (Å²) in [6.45, 7) is 2.34. The van der Waals surface area contributed by atoms with Crippen LogP contribution in [-0.2, 0) is 9.59 Å². The van der Waals surface area contributed by atoms with Gasteiger partial charge in [-0.15, -0.1) is 0 Å². The average molecular weight is 452 g/mol. The van der Waals surface area contributed by atoms with Gasteiger partial charge in [-0.25, -0.2) is 18.6 Å². The van der Waals surface area contributed by atoms with Gasteiger partial charge in [-0.2, -0.15) is 0 Å². The Kier molecular flexibility index (Phi) is 7.03. The van der Waals surface area contributed by atoms with Gasteiger partial charge in [0.25, 0.3) is 0 Å². The van der Waals surface area contributed by atoms with Crippen LogP contribution in [0.1, 0.15) is 19.8 Å². The lowest BCUT2D eigenvalue weighted by atomic mass is 10.0. The lowest BCUT2D eigenvalue weighted by molar-refractivity contribution is -0.139. The van der Waals surface area contributed by atoms with Gasteiger partial charge in [0.1, 0.15) is 18.3 Å². The maximum Gasteiger partial charge on any atom is 0.323 e. The van der Waals surface area contributed by atoms with Gasteiger partial charge in [0.15, 0.2) is 17.4 Å². The molecule has 32 heavy (non-hydrogen) atoms. The van der Waals surface area contributed by atoms with E-state index in [0.717, 1.165) is 6.07 Å². The molecule has 3 atom stereocenters. The van der Waals surface area contributed by atoms with E-state index in [1.54, 1.807) is 6.92 Å². The fourth-order valence-corrected chi connectivity index (χ4v) is 3.16. The first-order valence-electron chi connectivity index (χ1n) is 9.79. The Morgan fingerprint density at radius 3 is 2.66 bits per heavy atom. The number of carboxylic acids is 1. The molecular formula is C20H22F2N4O6. The topological polar surface area (TPSA) is 141 Å². The van der Waals surface area contributed by atoms with E-state index in [2.05, 4.69) is 10.3 Å². The van der Waals surface area contributed by atoms with E-state index >= 15 is 0 Å². The third-order valence-electron chi connectivity index (χ3n) is 4.85. The number of carbonyl (C=O) groups is 3. The molecule has 0 bridgehead atoms. The van der Waals surface area contributed by atoms with E-state index in [4.69, 9.17) is 9.84 Å². The SMILES string of the molecule is CC1C=NC(NC(=O)N2CC[C@H](O)C2)=CC1Oc1cc(F)c(NC(=O)CC(=O)O)cc1F. The highest BCUT2D eigenvalue weighted by Crippen LogP contribution is 2.28. The summed E-state index contributed by atoms with van der Waals surface area (Å²) in [4.78, 5) is 39.8. The lowest BCUT2D eigenvalue weighted by Crippen LogP contribution is -2.39. The van der Waals surface area contributed by atoms with E-state index in [1.165, 1.54) is 17.2 Å². The number of aliphatic hydroxyl groups is 1. The minimum Gasteiger partial charge on any atom is -0.482 e. The van der Waals surface area contributed by atoms with Crippen molar-refractivity contribution in [2.24, 2.45) is 10.9 Å². The number of benzene rings is 1. The number of anilines is 1. The number of amides is 3. The summed E-state index contributed by atoms with van der Waals surface area (Å²) in [5, 5.41) is 22.7. The van der Waals surface area contributed by atoms with Crippen LogP contribution < -0.4 is 15.4 Å². The van der Waals surface area contributed by atoms with Crippen molar-refractivity contribution >= 4 is 29.8 Å². The summed E-state index contributed by atoms with van der Waals surface area (Å²) in [6, 6.07) is 0.982.